The fourth-order valence-corrected chi connectivity index (χ4v) is 3.45. The van der Waals surface area contributed by atoms with Crippen LogP contribution in [-0.4, -0.2) is 61.8 Å². The number of aliphatic imine (C=N–C) groups is 1. The van der Waals surface area contributed by atoms with E-state index in [9.17, 15) is 5.11 Å². The highest BCUT2D eigenvalue weighted by molar-refractivity contribution is 5.79. The summed E-state index contributed by atoms with van der Waals surface area (Å²) in [7, 11) is 0. The number of aliphatic hydroxyl groups is 1. The molecule has 3 N–H and O–H groups in total. The van der Waals surface area contributed by atoms with Gasteiger partial charge in [0.2, 0.25) is 0 Å². The van der Waals surface area contributed by atoms with Crippen molar-refractivity contribution in [2.75, 3.05) is 45.9 Å². The lowest BCUT2D eigenvalue weighted by molar-refractivity contribution is 0.185. The fourth-order valence-electron chi connectivity index (χ4n) is 3.45. The number of hydrogen-bond donors (Lipinski definition) is 3. The van der Waals surface area contributed by atoms with Gasteiger partial charge in [0.15, 0.2) is 5.96 Å². The van der Waals surface area contributed by atoms with E-state index in [4.69, 9.17) is 4.99 Å². The maximum Gasteiger partial charge on any atom is 0.191 e. The lowest BCUT2D eigenvalue weighted by Gasteiger charge is -2.32. The number of guanidine groups is 1. The Morgan fingerprint density at radius 1 is 1.12 bits per heavy atom. The molecule has 5 nitrogen and oxygen atoms in total. The van der Waals surface area contributed by atoms with E-state index in [1.165, 1.54) is 38.9 Å². The monoisotopic (exact) mass is 340 g/mol. The molecule has 0 saturated carbocycles. The summed E-state index contributed by atoms with van der Waals surface area (Å²) in [6.07, 6.45) is 6.98. The Morgan fingerprint density at radius 2 is 1.88 bits per heavy atom. The minimum Gasteiger partial charge on any atom is -0.396 e. The van der Waals surface area contributed by atoms with Crippen LogP contribution in [0.1, 0.15) is 59.3 Å². The number of hydrogen-bond acceptors (Lipinski definition) is 3. The molecule has 0 aromatic heterocycles. The molecule has 1 saturated heterocycles. The molecule has 1 fully saturated rings. The molecule has 1 aliphatic heterocycles. The van der Waals surface area contributed by atoms with Gasteiger partial charge in [0.05, 0.1) is 0 Å². The highest BCUT2D eigenvalue weighted by Gasteiger charge is 2.18. The molecule has 1 rings (SSSR count). The van der Waals surface area contributed by atoms with Crippen molar-refractivity contribution in [2.24, 2.45) is 16.8 Å². The van der Waals surface area contributed by atoms with Gasteiger partial charge in [0.1, 0.15) is 0 Å². The minimum absolute atomic E-state index is 0.264. The van der Waals surface area contributed by atoms with Crippen LogP contribution >= 0.6 is 0 Å². The maximum absolute atomic E-state index is 9.18. The van der Waals surface area contributed by atoms with Gasteiger partial charge >= 0.3 is 0 Å². The van der Waals surface area contributed by atoms with Crippen molar-refractivity contribution in [1.29, 1.82) is 0 Å². The fraction of sp³-hybridized carbons (Fsp3) is 0.947. The third kappa shape index (κ3) is 8.88. The van der Waals surface area contributed by atoms with Gasteiger partial charge in [0.25, 0.3) is 0 Å². The van der Waals surface area contributed by atoms with Crippen LogP contribution in [0.3, 0.4) is 0 Å². The van der Waals surface area contributed by atoms with Crippen molar-refractivity contribution in [3.8, 4) is 0 Å². The Kier molecular flexibility index (Phi) is 11.9. The summed E-state index contributed by atoms with van der Waals surface area (Å²) >= 11 is 0. The third-order valence-corrected chi connectivity index (χ3v) is 4.89. The zero-order chi connectivity index (χ0) is 17.6. The average molecular weight is 341 g/mol. The SMILES string of the molecule is CCCC(CCO)CN=C(NCC)NCC1CCN(CCC)CC1. The van der Waals surface area contributed by atoms with Crippen LogP contribution in [0.25, 0.3) is 0 Å². The highest BCUT2D eigenvalue weighted by Crippen LogP contribution is 2.16. The lowest BCUT2D eigenvalue weighted by Crippen LogP contribution is -2.43. The molecule has 1 unspecified atom stereocenters. The third-order valence-electron chi connectivity index (χ3n) is 4.89. The van der Waals surface area contributed by atoms with E-state index in [1.54, 1.807) is 0 Å². The molecule has 0 radical (unpaired) electrons. The molecule has 0 aliphatic carbocycles. The van der Waals surface area contributed by atoms with Gasteiger partial charge in [-0.25, -0.2) is 0 Å². The van der Waals surface area contributed by atoms with Crippen LogP contribution in [0.4, 0.5) is 0 Å². The van der Waals surface area contributed by atoms with E-state index < -0.39 is 0 Å². The Bertz CT molecular complexity index is 321. The Morgan fingerprint density at radius 3 is 2.46 bits per heavy atom. The second-order valence-electron chi connectivity index (χ2n) is 7.05. The summed E-state index contributed by atoms with van der Waals surface area (Å²) < 4.78 is 0. The highest BCUT2D eigenvalue weighted by atomic mass is 16.3. The summed E-state index contributed by atoms with van der Waals surface area (Å²) in [6, 6.07) is 0. The number of piperidine rings is 1. The molecule has 1 heterocycles. The standard InChI is InChI=1S/C19H40N4O/c1-4-7-17(10-14-24)15-21-19(20-6-3)22-16-18-8-12-23(11-5-2)13-9-18/h17-18,24H,4-16H2,1-3H3,(H2,20,21,22). The van der Waals surface area contributed by atoms with Crippen molar-refractivity contribution in [2.45, 2.75) is 59.3 Å². The first-order valence-electron chi connectivity index (χ1n) is 10.1. The van der Waals surface area contributed by atoms with Gasteiger partial charge in [-0.1, -0.05) is 20.3 Å². The first-order valence-corrected chi connectivity index (χ1v) is 10.1. The van der Waals surface area contributed by atoms with Gasteiger partial charge in [0, 0.05) is 26.2 Å². The normalized spacial score (nSPS) is 18.6. The van der Waals surface area contributed by atoms with Gasteiger partial charge in [-0.2, -0.15) is 0 Å². The zero-order valence-electron chi connectivity index (χ0n) is 16.2. The summed E-state index contributed by atoms with van der Waals surface area (Å²) in [6.45, 7) is 13.3. The van der Waals surface area contributed by atoms with Crippen LogP contribution in [0.15, 0.2) is 4.99 Å². The number of likely N-dealkylation sites (tertiary alicyclic amines) is 1. The van der Waals surface area contributed by atoms with E-state index in [2.05, 4.69) is 36.3 Å². The quantitative estimate of drug-likeness (QED) is 0.399. The largest absolute Gasteiger partial charge is 0.396 e. The lowest BCUT2D eigenvalue weighted by atomic mass is 9.97. The van der Waals surface area contributed by atoms with E-state index in [-0.39, 0.29) is 6.61 Å². The van der Waals surface area contributed by atoms with Crippen molar-refractivity contribution in [3.63, 3.8) is 0 Å². The van der Waals surface area contributed by atoms with Crippen molar-refractivity contribution in [1.82, 2.24) is 15.5 Å². The Labute approximate surface area is 149 Å². The Balaban J connectivity index is 2.38. The molecule has 0 spiro atoms. The summed E-state index contributed by atoms with van der Waals surface area (Å²) in [5, 5.41) is 16.1. The van der Waals surface area contributed by atoms with Crippen LogP contribution in [0, 0.1) is 11.8 Å². The van der Waals surface area contributed by atoms with Crippen LogP contribution in [0.5, 0.6) is 0 Å². The number of nitrogens with one attached hydrogen (secondary N) is 2. The van der Waals surface area contributed by atoms with Crippen molar-refractivity contribution >= 4 is 5.96 Å². The van der Waals surface area contributed by atoms with Crippen LogP contribution in [-0.2, 0) is 0 Å². The molecule has 0 amide bonds. The second-order valence-corrected chi connectivity index (χ2v) is 7.05. The molecule has 0 aromatic rings. The first kappa shape index (κ1) is 21.2. The van der Waals surface area contributed by atoms with Gasteiger partial charge < -0.3 is 20.6 Å². The van der Waals surface area contributed by atoms with Crippen LogP contribution in [0.2, 0.25) is 0 Å². The minimum atomic E-state index is 0.264. The predicted molar refractivity (Wildman–Crippen MR) is 104 cm³/mol. The van der Waals surface area contributed by atoms with Crippen molar-refractivity contribution in [3.05, 3.63) is 0 Å². The Hall–Kier alpha value is -0.810. The average Bonchev–Trinajstić information content (AvgIpc) is 2.59. The molecule has 0 bridgehead atoms. The van der Waals surface area contributed by atoms with Crippen molar-refractivity contribution < 1.29 is 5.11 Å². The van der Waals surface area contributed by atoms with E-state index in [1.807, 2.05) is 0 Å². The topological polar surface area (TPSA) is 59.9 Å². The van der Waals surface area contributed by atoms with Gasteiger partial charge in [-0.05, 0) is 70.5 Å². The number of aliphatic hydroxyl groups excluding tert-OH is 1. The van der Waals surface area contributed by atoms with Gasteiger partial charge in [-0.3, -0.25) is 4.99 Å². The summed E-state index contributed by atoms with van der Waals surface area (Å²) in [5.74, 6) is 2.19. The summed E-state index contributed by atoms with van der Waals surface area (Å²) in [4.78, 5) is 7.34. The second kappa shape index (κ2) is 13.5. The smallest absolute Gasteiger partial charge is 0.191 e. The molecular weight excluding hydrogens is 300 g/mol. The molecule has 142 valence electrons. The molecule has 24 heavy (non-hydrogen) atoms. The maximum atomic E-state index is 9.18. The molecule has 1 atom stereocenters. The molecule has 5 heteroatoms. The molecular formula is C19H40N4O. The summed E-state index contributed by atoms with van der Waals surface area (Å²) in [5.41, 5.74) is 0. The first-order chi connectivity index (χ1) is 11.7. The van der Waals surface area contributed by atoms with Crippen LogP contribution < -0.4 is 10.6 Å². The van der Waals surface area contributed by atoms with Gasteiger partial charge in [-0.15, -0.1) is 0 Å². The zero-order valence-corrected chi connectivity index (χ0v) is 16.2. The number of nitrogens with zero attached hydrogens (tertiary/aromatic N) is 2. The number of rotatable bonds is 11. The molecule has 0 aromatic carbocycles. The predicted octanol–water partition coefficient (Wildman–Crippen LogP) is 2.46. The van der Waals surface area contributed by atoms with E-state index in [0.29, 0.717) is 5.92 Å². The van der Waals surface area contributed by atoms with E-state index >= 15 is 0 Å². The van der Waals surface area contributed by atoms with E-state index in [0.717, 1.165) is 50.8 Å². The molecule has 1 aliphatic rings.